The highest BCUT2D eigenvalue weighted by Gasteiger charge is 2.13. The molecule has 0 aliphatic heterocycles. The van der Waals surface area contributed by atoms with Gasteiger partial charge in [-0.15, -0.1) is 0 Å². The van der Waals surface area contributed by atoms with E-state index in [-0.39, 0.29) is 5.91 Å². The first-order valence-electron chi connectivity index (χ1n) is 6.17. The fourth-order valence-electron chi connectivity index (χ4n) is 2.13. The van der Waals surface area contributed by atoms with E-state index in [4.69, 9.17) is 5.26 Å². The summed E-state index contributed by atoms with van der Waals surface area (Å²) in [4.78, 5) is 11.2. The number of rotatable bonds is 7. The number of hydrogen-bond donors (Lipinski definition) is 2. The molecule has 1 aliphatic carbocycles. The van der Waals surface area contributed by atoms with E-state index in [0.717, 1.165) is 12.5 Å². The average Bonchev–Trinajstić information content (AvgIpc) is 2.78. The molecule has 1 fully saturated rings. The maximum absolute atomic E-state index is 11.2. The Morgan fingerprint density at radius 1 is 1.31 bits per heavy atom. The molecule has 0 unspecified atom stereocenters. The van der Waals surface area contributed by atoms with Gasteiger partial charge < -0.3 is 10.6 Å². The van der Waals surface area contributed by atoms with Gasteiger partial charge in [0.05, 0.1) is 19.0 Å². The number of nitriles is 1. The Morgan fingerprint density at radius 3 is 2.75 bits per heavy atom. The summed E-state index contributed by atoms with van der Waals surface area (Å²) in [6, 6.07) is 1.99. The standard InChI is InChI=1S/C12H21N3O/c13-7-3-8-15-12(16)10-14-9-6-11-4-1-2-5-11/h11,14H,1-6,8-10H2,(H,15,16). The molecule has 0 radical (unpaired) electrons. The highest BCUT2D eigenvalue weighted by atomic mass is 16.1. The van der Waals surface area contributed by atoms with Crippen LogP contribution in [-0.4, -0.2) is 25.5 Å². The van der Waals surface area contributed by atoms with Crippen LogP contribution in [0.3, 0.4) is 0 Å². The third-order valence-corrected chi connectivity index (χ3v) is 3.05. The van der Waals surface area contributed by atoms with E-state index in [0.29, 0.717) is 19.5 Å². The molecule has 0 aromatic rings. The summed E-state index contributed by atoms with van der Waals surface area (Å²) in [7, 11) is 0. The number of carbonyl (C=O) groups is 1. The van der Waals surface area contributed by atoms with Crippen LogP contribution < -0.4 is 10.6 Å². The molecule has 90 valence electrons. The van der Waals surface area contributed by atoms with Gasteiger partial charge in [0.1, 0.15) is 0 Å². The minimum Gasteiger partial charge on any atom is -0.354 e. The maximum Gasteiger partial charge on any atom is 0.233 e. The summed E-state index contributed by atoms with van der Waals surface area (Å²) in [5.74, 6) is 0.857. The minimum absolute atomic E-state index is 0.0123. The zero-order valence-corrected chi connectivity index (χ0v) is 9.80. The summed E-state index contributed by atoms with van der Waals surface area (Å²) < 4.78 is 0. The van der Waals surface area contributed by atoms with Gasteiger partial charge >= 0.3 is 0 Å². The van der Waals surface area contributed by atoms with Crippen LogP contribution in [0, 0.1) is 17.2 Å². The van der Waals surface area contributed by atoms with E-state index in [9.17, 15) is 4.79 Å². The molecule has 1 aliphatic rings. The molecular formula is C12H21N3O. The molecule has 0 bridgehead atoms. The lowest BCUT2D eigenvalue weighted by Crippen LogP contribution is -2.35. The molecule has 1 rings (SSSR count). The molecule has 0 atom stereocenters. The Balaban J connectivity index is 1.90. The second-order valence-electron chi connectivity index (χ2n) is 4.37. The van der Waals surface area contributed by atoms with Crippen LogP contribution in [0.2, 0.25) is 0 Å². The largest absolute Gasteiger partial charge is 0.354 e. The van der Waals surface area contributed by atoms with Gasteiger partial charge in [-0.2, -0.15) is 5.26 Å². The average molecular weight is 223 g/mol. The van der Waals surface area contributed by atoms with Crippen molar-refractivity contribution in [3.8, 4) is 6.07 Å². The van der Waals surface area contributed by atoms with Crippen molar-refractivity contribution in [3.05, 3.63) is 0 Å². The topological polar surface area (TPSA) is 64.9 Å². The minimum atomic E-state index is -0.0123. The summed E-state index contributed by atoms with van der Waals surface area (Å²) in [5, 5.41) is 14.1. The quantitative estimate of drug-likeness (QED) is 0.637. The molecule has 0 heterocycles. The number of nitrogens with zero attached hydrogens (tertiary/aromatic N) is 1. The van der Waals surface area contributed by atoms with Crippen molar-refractivity contribution in [2.24, 2.45) is 5.92 Å². The fraction of sp³-hybridized carbons (Fsp3) is 0.833. The lowest BCUT2D eigenvalue weighted by atomic mass is 10.0. The molecule has 0 aromatic carbocycles. The molecular weight excluding hydrogens is 202 g/mol. The van der Waals surface area contributed by atoms with E-state index in [1.807, 2.05) is 6.07 Å². The van der Waals surface area contributed by atoms with Crippen LogP contribution in [0.4, 0.5) is 0 Å². The third-order valence-electron chi connectivity index (χ3n) is 3.05. The predicted molar refractivity (Wildman–Crippen MR) is 62.7 cm³/mol. The van der Waals surface area contributed by atoms with Gasteiger partial charge in [-0.05, 0) is 18.9 Å². The monoisotopic (exact) mass is 223 g/mol. The van der Waals surface area contributed by atoms with Gasteiger partial charge in [-0.1, -0.05) is 25.7 Å². The first-order chi connectivity index (χ1) is 7.83. The van der Waals surface area contributed by atoms with E-state index < -0.39 is 0 Å². The van der Waals surface area contributed by atoms with Crippen LogP contribution in [0.1, 0.15) is 38.5 Å². The Kier molecular flexibility index (Phi) is 6.59. The molecule has 1 amide bonds. The second kappa shape index (κ2) is 8.12. The fourth-order valence-corrected chi connectivity index (χ4v) is 2.13. The number of amides is 1. The van der Waals surface area contributed by atoms with E-state index in [1.165, 1.54) is 32.1 Å². The van der Waals surface area contributed by atoms with Crippen molar-refractivity contribution in [1.29, 1.82) is 5.26 Å². The van der Waals surface area contributed by atoms with Crippen LogP contribution in [0.5, 0.6) is 0 Å². The van der Waals surface area contributed by atoms with Crippen LogP contribution in [0.25, 0.3) is 0 Å². The van der Waals surface area contributed by atoms with E-state index in [2.05, 4.69) is 10.6 Å². The van der Waals surface area contributed by atoms with Crippen molar-refractivity contribution < 1.29 is 4.79 Å². The van der Waals surface area contributed by atoms with Gasteiger partial charge in [-0.25, -0.2) is 0 Å². The van der Waals surface area contributed by atoms with Crippen molar-refractivity contribution in [2.45, 2.75) is 38.5 Å². The smallest absolute Gasteiger partial charge is 0.233 e. The van der Waals surface area contributed by atoms with Gasteiger partial charge in [0, 0.05) is 6.54 Å². The van der Waals surface area contributed by atoms with Gasteiger partial charge in [-0.3, -0.25) is 4.79 Å². The van der Waals surface area contributed by atoms with Crippen molar-refractivity contribution in [1.82, 2.24) is 10.6 Å². The van der Waals surface area contributed by atoms with E-state index in [1.54, 1.807) is 0 Å². The Bertz CT molecular complexity index is 241. The molecule has 2 N–H and O–H groups in total. The lowest BCUT2D eigenvalue weighted by molar-refractivity contribution is -0.120. The molecule has 4 heteroatoms. The summed E-state index contributed by atoms with van der Waals surface area (Å²) in [5.41, 5.74) is 0. The van der Waals surface area contributed by atoms with Gasteiger partial charge in [0.2, 0.25) is 5.91 Å². The lowest BCUT2D eigenvalue weighted by Gasteiger charge is -2.09. The summed E-state index contributed by atoms with van der Waals surface area (Å²) >= 11 is 0. The first-order valence-corrected chi connectivity index (χ1v) is 6.17. The van der Waals surface area contributed by atoms with Gasteiger partial charge in [0.15, 0.2) is 0 Å². The van der Waals surface area contributed by atoms with Crippen LogP contribution in [0.15, 0.2) is 0 Å². The second-order valence-corrected chi connectivity index (χ2v) is 4.37. The predicted octanol–water partition coefficient (Wildman–Crippen LogP) is 1.19. The van der Waals surface area contributed by atoms with Crippen molar-refractivity contribution in [3.63, 3.8) is 0 Å². The SMILES string of the molecule is N#CCCNC(=O)CNCCC1CCCC1. The zero-order chi connectivity index (χ0) is 11.6. The van der Waals surface area contributed by atoms with Crippen LogP contribution >= 0.6 is 0 Å². The number of hydrogen-bond acceptors (Lipinski definition) is 3. The highest BCUT2D eigenvalue weighted by molar-refractivity contribution is 5.77. The zero-order valence-electron chi connectivity index (χ0n) is 9.80. The van der Waals surface area contributed by atoms with Crippen molar-refractivity contribution >= 4 is 5.91 Å². The first kappa shape index (κ1) is 13.0. The van der Waals surface area contributed by atoms with Crippen LogP contribution in [-0.2, 0) is 4.79 Å². The molecule has 0 spiro atoms. The van der Waals surface area contributed by atoms with E-state index >= 15 is 0 Å². The Morgan fingerprint density at radius 2 is 2.06 bits per heavy atom. The Labute approximate surface area is 97.4 Å². The Hall–Kier alpha value is -1.08. The maximum atomic E-state index is 11.2. The third kappa shape index (κ3) is 5.72. The number of carbonyl (C=O) groups excluding carboxylic acids is 1. The molecule has 0 saturated heterocycles. The number of nitrogens with one attached hydrogen (secondary N) is 2. The normalized spacial score (nSPS) is 15.9. The summed E-state index contributed by atoms with van der Waals surface area (Å²) in [6.45, 7) is 1.76. The van der Waals surface area contributed by atoms with Crippen molar-refractivity contribution in [2.75, 3.05) is 19.6 Å². The molecule has 0 aromatic heterocycles. The van der Waals surface area contributed by atoms with Gasteiger partial charge in [0.25, 0.3) is 0 Å². The molecule has 4 nitrogen and oxygen atoms in total. The molecule has 1 saturated carbocycles. The molecule has 16 heavy (non-hydrogen) atoms. The summed E-state index contributed by atoms with van der Waals surface area (Å²) in [6.07, 6.45) is 7.03. The highest BCUT2D eigenvalue weighted by Crippen LogP contribution is 2.26.